The van der Waals surface area contributed by atoms with Gasteiger partial charge in [-0.25, -0.2) is 0 Å². The van der Waals surface area contributed by atoms with E-state index in [1.807, 2.05) is 19.1 Å². The highest BCUT2D eigenvalue weighted by Gasteiger charge is 2.35. The smallest absolute Gasteiger partial charge is 0.197 e. The lowest BCUT2D eigenvalue weighted by molar-refractivity contribution is -0.0760. The van der Waals surface area contributed by atoms with Crippen LogP contribution in [0.25, 0.3) is 0 Å². The molecular weight excluding hydrogens is 276 g/mol. The molecule has 126 valence electrons. The fraction of sp³-hybridized carbons (Fsp3) is 0.684. The minimum atomic E-state index is -0.362. The number of hydrogen-bond donors (Lipinski definition) is 1. The van der Waals surface area contributed by atoms with Crippen LogP contribution in [0.4, 0.5) is 0 Å². The summed E-state index contributed by atoms with van der Waals surface area (Å²) in [4.78, 5) is 0. The number of ether oxygens (including phenoxy) is 2. The first-order chi connectivity index (χ1) is 10.1. The lowest BCUT2D eigenvalue weighted by atomic mass is 9.64. The van der Waals surface area contributed by atoms with Gasteiger partial charge in [0, 0.05) is 0 Å². The standard InChI is InChI=1S/C19H32O3/c1-14(21-13-12-20)22-16-10-8-15(9-11-16)17(18(2,3)4)19(5,6)7/h8-11,14,17,20H,12-13H2,1-7H3. The van der Waals surface area contributed by atoms with E-state index in [4.69, 9.17) is 14.6 Å². The molecule has 1 N–H and O–H groups in total. The second-order valence-corrected chi connectivity index (χ2v) is 8.01. The van der Waals surface area contributed by atoms with E-state index in [9.17, 15) is 0 Å². The highest BCUT2D eigenvalue weighted by atomic mass is 16.7. The van der Waals surface area contributed by atoms with Gasteiger partial charge >= 0.3 is 0 Å². The Labute approximate surface area is 135 Å². The highest BCUT2D eigenvalue weighted by Crippen LogP contribution is 2.47. The summed E-state index contributed by atoms with van der Waals surface area (Å²) < 4.78 is 11.0. The van der Waals surface area contributed by atoms with Crippen molar-refractivity contribution in [2.75, 3.05) is 13.2 Å². The molecule has 1 rings (SSSR count). The third kappa shape index (κ3) is 5.62. The number of aliphatic hydroxyl groups is 1. The van der Waals surface area contributed by atoms with Gasteiger partial charge in [-0.3, -0.25) is 0 Å². The van der Waals surface area contributed by atoms with Crippen LogP contribution in [0.5, 0.6) is 5.75 Å². The van der Waals surface area contributed by atoms with Gasteiger partial charge in [0.15, 0.2) is 6.29 Å². The zero-order valence-electron chi connectivity index (χ0n) is 15.1. The van der Waals surface area contributed by atoms with Gasteiger partial charge in [0.2, 0.25) is 0 Å². The molecule has 1 atom stereocenters. The minimum absolute atomic E-state index is 0.00544. The third-order valence-electron chi connectivity index (χ3n) is 3.69. The summed E-state index contributed by atoms with van der Waals surface area (Å²) in [5.74, 6) is 1.24. The van der Waals surface area contributed by atoms with Crippen molar-refractivity contribution in [1.29, 1.82) is 0 Å². The van der Waals surface area contributed by atoms with Crippen molar-refractivity contribution in [1.82, 2.24) is 0 Å². The summed E-state index contributed by atoms with van der Waals surface area (Å²) in [6, 6.07) is 8.29. The summed E-state index contributed by atoms with van der Waals surface area (Å²) in [6.45, 7) is 15.9. The van der Waals surface area contributed by atoms with E-state index >= 15 is 0 Å². The predicted molar refractivity (Wildman–Crippen MR) is 91.2 cm³/mol. The molecule has 0 heterocycles. The Kier molecular flexibility index (Phi) is 6.45. The molecule has 0 saturated carbocycles. The van der Waals surface area contributed by atoms with Gasteiger partial charge < -0.3 is 14.6 Å². The number of benzene rings is 1. The highest BCUT2D eigenvalue weighted by molar-refractivity contribution is 5.31. The van der Waals surface area contributed by atoms with Gasteiger partial charge in [0.25, 0.3) is 0 Å². The maximum Gasteiger partial charge on any atom is 0.197 e. The van der Waals surface area contributed by atoms with Crippen LogP contribution >= 0.6 is 0 Å². The molecule has 0 saturated heterocycles. The molecule has 22 heavy (non-hydrogen) atoms. The molecule has 0 radical (unpaired) electrons. The molecule has 0 aromatic heterocycles. The Balaban J connectivity index is 2.86. The molecule has 0 bridgehead atoms. The Morgan fingerprint density at radius 3 is 1.86 bits per heavy atom. The lowest BCUT2D eigenvalue weighted by Crippen LogP contribution is -2.30. The maximum atomic E-state index is 8.75. The molecule has 0 aliphatic carbocycles. The summed E-state index contributed by atoms with van der Waals surface area (Å²) >= 11 is 0. The van der Waals surface area contributed by atoms with Crippen molar-refractivity contribution in [3.05, 3.63) is 29.8 Å². The van der Waals surface area contributed by atoms with Crippen LogP contribution < -0.4 is 4.74 Å². The second kappa shape index (κ2) is 7.47. The quantitative estimate of drug-likeness (QED) is 0.781. The molecule has 1 unspecified atom stereocenters. The fourth-order valence-electron chi connectivity index (χ4n) is 3.48. The van der Waals surface area contributed by atoms with Gasteiger partial charge in [-0.15, -0.1) is 0 Å². The van der Waals surface area contributed by atoms with Crippen molar-refractivity contribution in [3.8, 4) is 5.75 Å². The Bertz CT molecular complexity index is 423. The molecule has 0 spiro atoms. The molecule has 3 heteroatoms. The Morgan fingerprint density at radius 1 is 0.955 bits per heavy atom. The molecule has 3 nitrogen and oxygen atoms in total. The summed E-state index contributed by atoms with van der Waals surface area (Å²) in [5, 5.41) is 8.75. The average Bonchev–Trinajstić information content (AvgIpc) is 2.35. The van der Waals surface area contributed by atoms with Crippen molar-refractivity contribution in [3.63, 3.8) is 0 Å². The first kappa shape index (κ1) is 19.0. The monoisotopic (exact) mass is 308 g/mol. The van der Waals surface area contributed by atoms with E-state index in [1.165, 1.54) is 5.56 Å². The topological polar surface area (TPSA) is 38.7 Å². The normalized spacial score (nSPS) is 14.2. The third-order valence-corrected chi connectivity index (χ3v) is 3.69. The van der Waals surface area contributed by atoms with Crippen LogP contribution in [0.3, 0.4) is 0 Å². The zero-order valence-corrected chi connectivity index (χ0v) is 15.1. The molecule has 0 aliphatic rings. The molecule has 0 fully saturated rings. The van der Waals surface area contributed by atoms with E-state index in [1.54, 1.807) is 0 Å². The first-order valence-electron chi connectivity index (χ1n) is 8.05. The Hall–Kier alpha value is -1.06. The minimum Gasteiger partial charge on any atom is -0.465 e. The van der Waals surface area contributed by atoms with E-state index in [2.05, 4.69) is 53.7 Å². The summed E-state index contributed by atoms with van der Waals surface area (Å²) in [6.07, 6.45) is -0.362. The number of rotatable bonds is 6. The van der Waals surface area contributed by atoms with Crippen molar-refractivity contribution in [2.24, 2.45) is 10.8 Å². The number of hydrogen-bond acceptors (Lipinski definition) is 3. The van der Waals surface area contributed by atoms with E-state index in [-0.39, 0.29) is 30.3 Å². The average molecular weight is 308 g/mol. The molecule has 1 aromatic carbocycles. The SMILES string of the molecule is CC(OCCO)Oc1ccc(C(C(C)(C)C)C(C)(C)C)cc1. The van der Waals surface area contributed by atoms with E-state index in [0.29, 0.717) is 5.92 Å². The maximum absolute atomic E-state index is 8.75. The molecule has 1 aromatic rings. The summed E-state index contributed by atoms with van der Waals surface area (Å²) in [5.41, 5.74) is 1.72. The first-order valence-corrected chi connectivity index (χ1v) is 8.05. The van der Waals surface area contributed by atoms with Gasteiger partial charge in [-0.05, 0) is 41.4 Å². The summed E-state index contributed by atoms with van der Waals surface area (Å²) in [7, 11) is 0. The van der Waals surface area contributed by atoms with Crippen LogP contribution in [0.15, 0.2) is 24.3 Å². The van der Waals surface area contributed by atoms with E-state index in [0.717, 1.165) is 5.75 Å². The number of aliphatic hydroxyl groups excluding tert-OH is 1. The van der Waals surface area contributed by atoms with Gasteiger partial charge in [0.05, 0.1) is 13.2 Å². The van der Waals surface area contributed by atoms with Crippen molar-refractivity contribution in [2.45, 2.75) is 60.7 Å². The molecular formula is C19H32O3. The second-order valence-electron chi connectivity index (χ2n) is 8.01. The van der Waals surface area contributed by atoms with Crippen molar-refractivity contribution < 1.29 is 14.6 Å². The van der Waals surface area contributed by atoms with Gasteiger partial charge in [-0.2, -0.15) is 0 Å². The predicted octanol–water partition coefficient (Wildman–Crippen LogP) is 4.60. The van der Waals surface area contributed by atoms with Crippen LogP contribution in [-0.4, -0.2) is 24.6 Å². The van der Waals surface area contributed by atoms with Crippen LogP contribution in [-0.2, 0) is 4.74 Å². The van der Waals surface area contributed by atoms with Gasteiger partial charge in [0.1, 0.15) is 5.75 Å². The van der Waals surface area contributed by atoms with Crippen LogP contribution in [0.1, 0.15) is 59.9 Å². The largest absolute Gasteiger partial charge is 0.465 e. The van der Waals surface area contributed by atoms with E-state index < -0.39 is 0 Å². The van der Waals surface area contributed by atoms with Crippen LogP contribution in [0.2, 0.25) is 0 Å². The Morgan fingerprint density at radius 2 is 1.45 bits per heavy atom. The lowest BCUT2D eigenvalue weighted by Gasteiger charge is -2.41. The molecule has 0 aliphatic heterocycles. The molecule has 0 amide bonds. The zero-order chi connectivity index (χ0) is 17.0. The van der Waals surface area contributed by atoms with Gasteiger partial charge in [-0.1, -0.05) is 53.7 Å². The van der Waals surface area contributed by atoms with Crippen molar-refractivity contribution >= 4 is 0 Å². The fourth-order valence-corrected chi connectivity index (χ4v) is 3.48. The van der Waals surface area contributed by atoms with Crippen LogP contribution in [0, 0.1) is 10.8 Å².